The van der Waals surface area contributed by atoms with Gasteiger partial charge in [0, 0.05) is 25.6 Å². The molecule has 0 spiro atoms. The normalized spacial score (nSPS) is 10.6. The molecule has 2 aromatic rings. The minimum Gasteiger partial charge on any atom is -0.459 e. The molecule has 2 N–H and O–H groups in total. The zero-order valence-electron chi connectivity index (χ0n) is 17.3. The number of thiazole rings is 1. The van der Waals surface area contributed by atoms with Crippen molar-refractivity contribution < 1.29 is 23.5 Å². The Morgan fingerprint density at radius 3 is 2.80 bits per heavy atom. The van der Waals surface area contributed by atoms with Gasteiger partial charge in [-0.1, -0.05) is 19.8 Å². The second-order valence-corrected chi connectivity index (χ2v) is 7.48. The predicted molar refractivity (Wildman–Crippen MR) is 113 cm³/mol. The van der Waals surface area contributed by atoms with Crippen LogP contribution in [-0.4, -0.2) is 61.0 Å². The molecule has 164 valence electrons. The first-order valence-electron chi connectivity index (χ1n) is 9.86. The number of furan rings is 1. The molecule has 0 aliphatic heterocycles. The molecule has 0 aromatic carbocycles. The molecule has 0 radical (unpaired) electrons. The zero-order valence-corrected chi connectivity index (χ0v) is 18.1. The van der Waals surface area contributed by atoms with Gasteiger partial charge < -0.3 is 24.7 Å². The highest BCUT2D eigenvalue weighted by Crippen LogP contribution is 2.16. The lowest BCUT2D eigenvalue weighted by atomic mass is 10.2. The summed E-state index contributed by atoms with van der Waals surface area (Å²) in [5.41, 5.74) is 0.589. The van der Waals surface area contributed by atoms with Crippen molar-refractivity contribution in [2.45, 2.75) is 32.6 Å². The molecular formula is C20H28N4O5S. The fourth-order valence-electron chi connectivity index (χ4n) is 2.62. The van der Waals surface area contributed by atoms with Crippen LogP contribution in [0.4, 0.5) is 5.13 Å². The molecule has 0 aliphatic carbocycles. The van der Waals surface area contributed by atoms with Crippen LogP contribution in [0.1, 0.15) is 42.4 Å². The maximum absolute atomic E-state index is 12.5. The van der Waals surface area contributed by atoms with Gasteiger partial charge >= 0.3 is 0 Å². The van der Waals surface area contributed by atoms with Gasteiger partial charge in [-0.3, -0.25) is 14.4 Å². The van der Waals surface area contributed by atoms with E-state index in [-0.39, 0.29) is 37.8 Å². The van der Waals surface area contributed by atoms with Gasteiger partial charge in [0.05, 0.1) is 25.0 Å². The molecule has 0 bridgehead atoms. The second-order valence-electron chi connectivity index (χ2n) is 6.62. The molecule has 9 nitrogen and oxygen atoms in total. The first-order valence-corrected chi connectivity index (χ1v) is 10.7. The van der Waals surface area contributed by atoms with Crippen LogP contribution in [0.5, 0.6) is 0 Å². The van der Waals surface area contributed by atoms with E-state index in [1.165, 1.54) is 29.6 Å². The summed E-state index contributed by atoms with van der Waals surface area (Å²) in [6.45, 7) is 3.12. The van der Waals surface area contributed by atoms with Crippen molar-refractivity contribution in [1.29, 1.82) is 0 Å². The molecule has 30 heavy (non-hydrogen) atoms. The molecule has 0 fully saturated rings. The van der Waals surface area contributed by atoms with E-state index in [1.807, 2.05) is 0 Å². The number of carbonyl (C=O) groups is 3. The number of anilines is 1. The van der Waals surface area contributed by atoms with Crippen molar-refractivity contribution in [3.8, 4) is 0 Å². The van der Waals surface area contributed by atoms with Crippen molar-refractivity contribution in [2.75, 3.05) is 38.7 Å². The molecule has 0 saturated carbocycles. The van der Waals surface area contributed by atoms with Crippen molar-refractivity contribution in [3.63, 3.8) is 0 Å². The van der Waals surface area contributed by atoms with Crippen LogP contribution in [-0.2, 0) is 20.7 Å². The highest BCUT2D eigenvalue weighted by Gasteiger charge is 2.21. The Hall–Kier alpha value is -2.72. The van der Waals surface area contributed by atoms with E-state index in [4.69, 9.17) is 9.15 Å². The zero-order chi connectivity index (χ0) is 21.8. The second kappa shape index (κ2) is 12.8. The van der Waals surface area contributed by atoms with E-state index in [1.54, 1.807) is 17.5 Å². The number of rotatable bonds is 13. The Kier molecular flexibility index (Phi) is 10.0. The van der Waals surface area contributed by atoms with Crippen LogP contribution in [0, 0.1) is 0 Å². The fraction of sp³-hybridized carbons (Fsp3) is 0.500. The highest BCUT2D eigenvalue weighted by molar-refractivity contribution is 7.13. The summed E-state index contributed by atoms with van der Waals surface area (Å²) < 4.78 is 10.1. The molecule has 2 aromatic heterocycles. The SMILES string of the molecule is CCCCCNC(=O)Cc1csc(NC(=O)CN(CCOC)C(=O)c2ccco2)n1. The highest BCUT2D eigenvalue weighted by atomic mass is 32.1. The van der Waals surface area contributed by atoms with Gasteiger partial charge in [-0.05, 0) is 18.6 Å². The quantitative estimate of drug-likeness (QED) is 0.466. The van der Waals surface area contributed by atoms with E-state index in [0.717, 1.165) is 19.3 Å². The van der Waals surface area contributed by atoms with Crippen LogP contribution in [0.15, 0.2) is 28.2 Å². The smallest absolute Gasteiger partial charge is 0.290 e. The van der Waals surface area contributed by atoms with Crippen LogP contribution < -0.4 is 10.6 Å². The number of unbranched alkanes of at least 4 members (excludes halogenated alkanes) is 2. The number of ether oxygens (including phenoxy) is 1. The molecule has 3 amide bonds. The van der Waals surface area contributed by atoms with E-state index >= 15 is 0 Å². The summed E-state index contributed by atoms with van der Waals surface area (Å²) in [6.07, 6.45) is 4.70. The number of aromatic nitrogens is 1. The summed E-state index contributed by atoms with van der Waals surface area (Å²) in [7, 11) is 1.52. The summed E-state index contributed by atoms with van der Waals surface area (Å²) in [5.74, 6) is -0.729. The van der Waals surface area contributed by atoms with Crippen molar-refractivity contribution in [1.82, 2.24) is 15.2 Å². The van der Waals surface area contributed by atoms with Crippen LogP contribution >= 0.6 is 11.3 Å². The van der Waals surface area contributed by atoms with Gasteiger partial charge in [0.2, 0.25) is 11.8 Å². The lowest BCUT2D eigenvalue weighted by Gasteiger charge is -2.20. The third kappa shape index (κ3) is 7.96. The minimum absolute atomic E-state index is 0.0935. The molecule has 0 aliphatic rings. The lowest BCUT2D eigenvalue weighted by Crippen LogP contribution is -2.39. The number of methoxy groups -OCH3 is 1. The fourth-order valence-corrected chi connectivity index (χ4v) is 3.34. The monoisotopic (exact) mass is 436 g/mol. The predicted octanol–water partition coefficient (Wildman–Crippen LogP) is 2.31. The summed E-state index contributed by atoms with van der Waals surface area (Å²) in [6, 6.07) is 3.15. The van der Waals surface area contributed by atoms with E-state index in [0.29, 0.717) is 17.4 Å². The van der Waals surface area contributed by atoms with Gasteiger partial charge in [0.15, 0.2) is 10.9 Å². The van der Waals surface area contributed by atoms with Gasteiger partial charge in [0.25, 0.3) is 5.91 Å². The van der Waals surface area contributed by atoms with Gasteiger partial charge in [-0.25, -0.2) is 4.98 Å². The molecular weight excluding hydrogens is 408 g/mol. The molecule has 0 saturated heterocycles. The minimum atomic E-state index is -0.397. The Morgan fingerprint density at radius 1 is 1.27 bits per heavy atom. The topological polar surface area (TPSA) is 114 Å². The van der Waals surface area contributed by atoms with Crippen LogP contribution in [0.3, 0.4) is 0 Å². The van der Waals surface area contributed by atoms with E-state index < -0.39 is 11.8 Å². The summed E-state index contributed by atoms with van der Waals surface area (Å²) in [5, 5.41) is 7.65. The lowest BCUT2D eigenvalue weighted by molar-refractivity contribution is -0.120. The Labute approximate surface area is 179 Å². The molecule has 0 atom stereocenters. The number of hydrogen-bond acceptors (Lipinski definition) is 7. The molecule has 2 heterocycles. The molecule has 2 rings (SSSR count). The Balaban J connectivity index is 1.85. The maximum Gasteiger partial charge on any atom is 0.290 e. The first kappa shape index (κ1) is 23.6. The Morgan fingerprint density at radius 2 is 2.10 bits per heavy atom. The van der Waals surface area contributed by atoms with Crippen LogP contribution in [0.2, 0.25) is 0 Å². The van der Waals surface area contributed by atoms with E-state index in [9.17, 15) is 14.4 Å². The average Bonchev–Trinajstić information content (AvgIpc) is 3.40. The van der Waals surface area contributed by atoms with E-state index in [2.05, 4.69) is 22.5 Å². The van der Waals surface area contributed by atoms with Crippen molar-refractivity contribution in [2.24, 2.45) is 0 Å². The third-order valence-corrected chi connectivity index (χ3v) is 4.97. The Bertz CT molecular complexity index is 806. The number of nitrogens with zero attached hydrogens (tertiary/aromatic N) is 2. The largest absolute Gasteiger partial charge is 0.459 e. The van der Waals surface area contributed by atoms with Gasteiger partial charge in [-0.2, -0.15) is 0 Å². The number of amides is 3. The number of carbonyl (C=O) groups excluding carboxylic acids is 3. The average molecular weight is 437 g/mol. The van der Waals surface area contributed by atoms with Crippen molar-refractivity contribution >= 4 is 34.2 Å². The van der Waals surface area contributed by atoms with Gasteiger partial charge in [0.1, 0.15) is 6.54 Å². The molecule has 0 unspecified atom stereocenters. The van der Waals surface area contributed by atoms with Crippen LogP contribution in [0.25, 0.3) is 0 Å². The first-order chi connectivity index (χ1) is 14.5. The number of nitrogens with one attached hydrogen (secondary N) is 2. The standard InChI is InChI=1S/C20H28N4O5S/c1-3-4-5-8-21-17(25)12-15-14-30-20(22-15)23-18(26)13-24(9-11-28-2)19(27)16-7-6-10-29-16/h6-7,10,14H,3-5,8-9,11-13H2,1-2H3,(H,21,25)(H,22,23,26). The third-order valence-electron chi connectivity index (χ3n) is 4.16. The molecule has 10 heteroatoms. The van der Waals surface area contributed by atoms with Crippen molar-refractivity contribution in [3.05, 3.63) is 35.2 Å². The summed E-state index contributed by atoms with van der Waals surface area (Å²) >= 11 is 1.23. The van der Waals surface area contributed by atoms with Gasteiger partial charge in [-0.15, -0.1) is 11.3 Å². The maximum atomic E-state index is 12.5. The number of hydrogen-bond donors (Lipinski definition) is 2. The summed E-state index contributed by atoms with van der Waals surface area (Å²) in [4.78, 5) is 42.5.